The van der Waals surface area contributed by atoms with Crippen LogP contribution in [0.2, 0.25) is 0 Å². The Kier molecular flexibility index (Phi) is 2.74. The van der Waals surface area contributed by atoms with E-state index >= 15 is 0 Å². The number of thiazole rings is 1. The lowest BCUT2D eigenvalue weighted by molar-refractivity contribution is -0.340. The number of aromatic nitrogens is 1. The molecule has 6 heteroatoms. The third-order valence-electron chi connectivity index (χ3n) is 3.30. The number of hydrogen-bond acceptors (Lipinski definition) is 5. The topological polar surface area (TPSA) is 67.8 Å². The van der Waals surface area contributed by atoms with E-state index in [4.69, 9.17) is 19.9 Å². The fourth-order valence-electron chi connectivity index (χ4n) is 2.52. The van der Waals surface area contributed by atoms with E-state index in [0.717, 1.165) is 29.0 Å². The van der Waals surface area contributed by atoms with Gasteiger partial charge in [0, 0.05) is 17.5 Å². The average molecular weight is 279 g/mol. The molecule has 0 aliphatic heterocycles. The summed E-state index contributed by atoms with van der Waals surface area (Å²) in [5, 5.41) is 0.712. The quantitative estimate of drug-likeness (QED) is 0.793. The molecule has 1 aromatic carbocycles. The molecule has 0 atom stereocenters. The van der Waals surface area contributed by atoms with Crippen LogP contribution >= 0.6 is 11.3 Å². The van der Waals surface area contributed by atoms with Gasteiger partial charge < -0.3 is 14.2 Å². The SMILES string of the molecule is COc1cc2c(c(OC)c1OC)Cc1sc(N)[nH+]c1-2. The molecule has 2 aromatic rings. The van der Waals surface area contributed by atoms with Crippen molar-refractivity contribution in [2.75, 3.05) is 27.1 Å². The summed E-state index contributed by atoms with van der Waals surface area (Å²) in [5.74, 6) is 2.02. The first-order chi connectivity index (χ1) is 9.19. The number of fused-ring (bicyclic) bond motifs is 3. The highest BCUT2D eigenvalue weighted by atomic mass is 32.1. The molecular formula is C13H15N2O3S+. The zero-order chi connectivity index (χ0) is 13.6. The van der Waals surface area contributed by atoms with E-state index in [0.29, 0.717) is 16.6 Å². The normalized spacial score (nSPS) is 11.9. The summed E-state index contributed by atoms with van der Waals surface area (Å²) in [5.41, 5.74) is 9.05. The van der Waals surface area contributed by atoms with Crippen molar-refractivity contribution in [2.24, 2.45) is 0 Å². The van der Waals surface area contributed by atoms with Gasteiger partial charge in [-0.1, -0.05) is 11.3 Å². The van der Waals surface area contributed by atoms with E-state index in [-0.39, 0.29) is 0 Å². The average Bonchev–Trinajstić information content (AvgIpc) is 2.92. The molecule has 0 fully saturated rings. The number of rotatable bonds is 3. The highest BCUT2D eigenvalue weighted by Gasteiger charge is 2.32. The summed E-state index contributed by atoms with van der Waals surface area (Å²) in [6.07, 6.45) is 0.798. The van der Waals surface area contributed by atoms with Crippen LogP contribution in [-0.2, 0) is 6.42 Å². The number of anilines is 1. The van der Waals surface area contributed by atoms with Gasteiger partial charge >= 0.3 is 5.13 Å². The molecule has 0 saturated heterocycles. The van der Waals surface area contributed by atoms with Crippen molar-refractivity contribution in [1.29, 1.82) is 0 Å². The van der Waals surface area contributed by atoms with Crippen molar-refractivity contribution >= 4 is 16.5 Å². The van der Waals surface area contributed by atoms with Crippen LogP contribution in [0.15, 0.2) is 6.07 Å². The Labute approximate surface area is 114 Å². The van der Waals surface area contributed by atoms with Gasteiger partial charge in [0.15, 0.2) is 11.5 Å². The van der Waals surface area contributed by atoms with E-state index in [1.54, 1.807) is 32.7 Å². The van der Waals surface area contributed by atoms with Crippen molar-refractivity contribution in [1.82, 2.24) is 0 Å². The van der Waals surface area contributed by atoms with E-state index in [2.05, 4.69) is 4.98 Å². The molecule has 0 radical (unpaired) electrons. The molecule has 1 aromatic heterocycles. The number of hydrogen-bond donors (Lipinski definition) is 1. The van der Waals surface area contributed by atoms with Crippen LogP contribution in [-0.4, -0.2) is 21.3 Å². The first-order valence-corrected chi connectivity index (χ1v) is 6.63. The molecule has 1 aliphatic rings. The molecule has 1 heterocycles. The fraction of sp³-hybridized carbons (Fsp3) is 0.308. The Morgan fingerprint density at radius 1 is 1.16 bits per heavy atom. The third-order valence-corrected chi connectivity index (χ3v) is 4.22. The second-order valence-corrected chi connectivity index (χ2v) is 5.37. The zero-order valence-corrected chi connectivity index (χ0v) is 11.8. The van der Waals surface area contributed by atoms with Crippen LogP contribution < -0.4 is 24.9 Å². The Bertz CT molecular complexity index is 652. The molecule has 0 unspecified atom stereocenters. The van der Waals surface area contributed by atoms with Gasteiger partial charge in [0.2, 0.25) is 5.75 Å². The van der Waals surface area contributed by atoms with Crippen molar-refractivity contribution in [2.45, 2.75) is 6.42 Å². The maximum absolute atomic E-state index is 5.82. The van der Waals surface area contributed by atoms with Crippen LogP contribution in [0.1, 0.15) is 10.4 Å². The van der Waals surface area contributed by atoms with Crippen LogP contribution in [0.5, 0.6) is 17.2 Å². The van der Waals surface area contributed by atoms with Crippen molar-refractivity contribution in [3.8, 4) is 28.5 Å². The third kappa shape index (κ3) is 1.63. The lowest BCUT2D eigenvalue weighted by atomic mass is 10.1. The molecule has 0 bridgehead atoms. The molecule has 5 nitrogen and oxygen atoms in total. The summed E-state index contributed by atoms with van der Waals surface area (Å²) >= 11 is 1.56. The minimum absolute atomic E-state index is 0.631. The summed E-state index contributed by atoms with van der Waals surface area (Å²) < 4.78 is 16.3. The number of nitrogens with two attached hydrogens (primary N) is 1. The van der Waals surface area contributed by atoms with E-state index in [9.17, 15) is 0 Å². The highest BCUT2D eigenvalue weighted by Crippen LogP contribution is 2.50. The number of methoxy groups -OCH3 is 3. The van der Waals surface area contributed by atoms with E-state index in [1.807, 2.05) is 6.07 Å². The summed E-state index contributed by atoms with van der Waals surface area (Å²) in [6, 6.07) is 1.96. The summed E-state index contributed by atoms with van der Waals surface area (Å²) in [7, 11) is 4.87. The van der Waals surface area contributed by atoms with Gasteiger partial charge in [-0.3, -0.25) is 5.73 Å². The first-order valence-electron chi connectivity index (χ1n) is 5.82. The highest BCUT2D eigenvalue weighted by molar-refractivity contribution is 7.15. The lowest BCUT2D eigenvalue weighted by Gasteiger charge is -2.15. The second-order valence-electron chi connectivity index (χ2n) is 4.24. The molecule has 0 spiro atoms. The maximum Gasteiger partial charge on any atom is 0.330 e. The summed E-state index contributed by atoms with van der Waals surface area (Å²) in [4.78, 5) is 4.41. The van der Waals surface area contributed by atoms with Gasteiger partial charge in [-0.25, -0.2) is 4.98 Å². The first kappa shape index (κ1) is 12.1. The monoisotopic (exact) mass is 279 g/mol. The molecule has 0 saturated carbocycles. The van der Waals surface area contributed by atoms with Crippen LogP contribution in [0.3, 0.4) is 0 Å². The van der Waals surface area contributed by atoms with Crippen molar-refractivity contribution in [3.63, 3.8) is 0 Å². The van der Waals surface area contributed by atoms with Gasteiger partial charge in [0.25, 0.3) is 0 Å². The largest absolute Gasteiger partial charge is 0.493 e. The number of benzene rings is 1. The second kappa shape index (κ2) is 4.31. The van der Waals surface area contributed by atoms with Gasteiger partial charge in [-0.2, -0.15) is 0 Å². The van der Waals surface area contributed by atoms with Gasteiger partial charge in [-0.15, -0.1) is 0 Å². The number of aromatic amines is 1. The number of nitrogen functional groups attached to an aromatic ring is 1. The lowest BCUT2D eigenvalue weighted by Crippen LogP contribution is -2.07. The zero-order valence-electron chi connectivity index (χ0n) is 11.0. The Morgan fingerprint density at radius 3 is 2.53 bits per heavy atom. The fourth-order valence-corrected chi connectivity index (χ4v) is 3.42. The smallest absolute Gasteiger partial charge is 0.330 e. The Morgan fingerprint density at radius 2 is 1.89 bits per heavy atom. The number of ether oxygens (including phenoxy) is 3. The summed E-state index contributed by atoms with van der Waals surface area (Å²) in [6.45, 7) is 0. The van der Waals surface area contributed by atoms with E-state index in [1.165, 1.54) is 4.88 Å². The minimum Gasteiger partial charge on any atom is -0.493 e. The Balaban J connectivity index is 2.27. The van der Waals surface area contributed by atoms with Crippen LogP contribution in [0, 0.1) is 0 Å². The predicted octanol–water partition coefficient (Wildman–Crippen LogP) is 1.74. The number of nitrogens with one attached hydrogen (secondary N) is 1. The predicted molar refractivity (Wildman–Crippen MR) is 73.2 cm³/mol. The standard InChI is InChI=1S/C13H14N2O3S/c1-16-8-4-6-7(11(17-2)12(8)18-3)5-9-10(6)15-13(14)19-9/h4H,5H2,1-3H3,(H2,14,15)/p+1. The van der Waals surface area contributed by atoms with E-state index < -0.39 is 0 Å². The van der Waals surface area contributed by atoms with Crippen LogP contribution in [0.4, 0.5) is 5.13 Å². The van der Waals surface area contributed by atoms with Gasteiger partial charge in [0.1, 0.15) is 5.69 Å². The van der Waals surface area contributed by atoms with Crippen molar-refractivity contribution in [3.05, 3.63) is 16.5 Å². The number of H-pyrrole nitrogens is 1. The van der Waals surface area contributed by atoms with Crippen molar-refractivity contribution < 1.29 is 19.2 Å². The Hall–Kier alpha value is -1.95. The van der Waals surface area contributed by atoms with Gasteiger partial charge in [-0.05, 0) is 6.07 Å². The molecular weight excluding hydrogens is 264 g/mol. The molecule has 19 heavy (non-hydrogen) atoms. The molecule has 0 amide bonds. The molecule has 1 aliphatic carbocycles. The molecule has 3 N–H and O–H groups in total. The van der Waals surface area contributed by atoms with Crippen LogP contribution in [0.25, 0.3) is 11.3 Å². The minimum atomic E-state index is 0.631. The molecule has 3 rings (SSSR count). The maximum atomic E-state index is 5.82. The van der Waals surface area contributed by atoms with Gasteiger partial charge in [0.05, 0.1) is 26.2 Å². The molecule has 100 valence electrons.